The Balaban J connectivity index is 2.03. The highest BCUT2D eigenvalue weighted by Gasteiger charge is 2.25. The van der Waals surface area contributed by atoms with Crippen molar-refractivity contribution in [2.24, 2.45) is 11.7 Å². The normalized spacial score (nSPS) is 18.3. The number of aromatic amines is 1. The molecule has 0 spiro atoms. The molecule has 1 aromatic heterocycles. The lowest BCUT2D eigenvalue weighted by Crippen LogP contribution is -2.46. The maximum atomic E-state index is 12.3. The zero-order chi connectivity index (χ0) is 13.8. The van der Waals surface area contributed by atoms with E-state index in [-0.39, 0.29) is 11.9 Å². The SMILES string of the molecule is Cc1n[nH]c(C)c1C(=O)NC(CN)C1CCCCC1. The molecule has 1 atom stereocenters. The van der Waals surface area contributed by atoms with Gasteiger partial charge in [-0.1, -0.05) is 19.3 Å². The van der Waals surface area contributed by atoms with Gasteiger partial charge in [-0.15, -0.1) is 0 Å². The van der Waals surface area contributed by atoms with E-state index in [0.717, 1.165) is 11.4 Å². The van der Waals surface area contributed by atoms with Crippen molar-refractivity contribution in [3.05, 3.63) is 17.0 Å². The molecule has 1 aliphatic rings. The average Bonchev–Trinajstić information content (AvgIpc) is 2.76. The third kappa shape index (κ3) is 3.15. The summed E-state index contributed by atoms with van der Waals surface area (Å²) in [6.45, 7) is 4.22. The smallest absolute Gasteiger partial charge is 0.255 e. The maximum absolute atomic E-state index is 12.3. The van der Waals surface area contributed by atoms with Gasteiger partial charge in [-0.25, -0.2) is 0 Å². The predicted octanol–water partition coefficient (Wildman–Crippen LogP) is 1.66. The topological polar surface area (TPSA) is 83.8 Å². The summed E-state index contributed by atoms with van der Waals surface area (Å²) in [5, 5.41) is 10.0. The number of carbonyl (C=O) groups excluding carboxylic acids is 1. The number of aromatic nitrogens is 2. The highest BCUT2D eigenvalue weighted by molar-refractivity contribution is 5.96. The fraction of sp³-hybridized carbons (Fsp3) is 0.714. The molecule has 19 heavy (non-hydrogen) atoms. The summed E-state index contributed by atoms with van der Waals surface area (Å²) < 4.78 is 0. The Hall–Kier alpha value is -1.36. The number of rotatable bonds is 4. The van der Waals surface area contributed by atoms with Crippen molar-refractivity contribution in [1.82, 2.24) is 15.5 Å². The molecule has 1 amide bonds. The second-order valence-corrected chi connectivity index (χ2v) is 5.52. The number of carbonyl (C=O) groups is 1. The first-order chi connectivity index (χ1) is 9.13. The minimum Gasteiger partial charge on any atom is -0.348 e. The largest absolute Gasteiger partial charge is 0.348 e. The second kappa shape index (κ2) is 6.19. The molecule has 0 bridgehead atoms. The Morgan fingerprint density at radius 3 is 2.63 bits per heavy atom. The first-order valence-electron chi connectivity index (χ1n) is 7.16. The van der Waals surface area contributed by atoms with Gasteiger partial charge >= 0.3 is 0 Å². The van der Waals surface area contributed by atoms with E-state index < -0.39 is 0 Å². The van der Waals surface area contributed by atoms with Crippen LogP contribution in [0.4, 0.5) is 0 Å². The summed E-state index contributed by atoms with van der Waals surface area (Å²) in [6, 6.07) is 0.0847. The van der Waals surface area contributed by atoms with Crippen LogP contribution >= 0.6 is 0 Å². The van der Waals surface area contributed by atoms with E-state index >= 15 is 0 Å². The minimum atomic E-state index is -0.0511. The molecule has 4 N–H and O–H groups in total. The van der Waals surface area contributed by atoms with Crippen molar-refractivity contribution in [2.45, 2.75) is 52.0 Å². The number of hydrogen-bond acceptors (Lipinski definition) is 3. The molecule has 5 heteroatoms. The van der Waals surface area contributed by atoms with Gasteiger partial charge < -0.3 is 11.1 Å². The summed E-state index contributed by atoms with van der Waals surface area (Å²) >= 11 is 0. The van der Waals surface area contributed by atoms with Gasteiger partial charge in [0.25, 0.3) is 5.91 Å². The maximum Gasteiger partial charge on any atom is 0.255 e. The van der Waals surface area contributed by atoms with Gasteiger partial charge in [-0.2, -0.15) is 5.10 Å². The lowest BCUT2D eigenvalue weighted by molar-refractivity contribution is 0.0914. The standard InChI is InChI=1S/C14H24N4O/c1-9-13(10(2)18-17-9)14(19)16-12(8-15)11-6-4-3-5-7-11/h11-12H,3-8,15H2,1-2H3,(H,16,19)(H,17,18). The molecule has 1 aliphatic carbocycles. The van der Waals surface area contributed by atoms with E-state index in [1.807, 2.05) is 13.8 Å². The monoisotopic (exact) mass is 264 g/mol. The van der Waals surface area contributed by atoms with Crippen LogP contribution in [-0.2, 0) is 0 Å². The van der Waals surface area contributed by atoms with Crippen LogP contribution < -0.4 is 11.1 Å². The average molecular weight is 264 g/mol. The Labute approximate surface area is 114 Å². The van der Waals surface area contributed by atoms with Gasteiger partial charge in [0.2, 0.25) is 0 Å². The first-order valence-corrected chi connectivity index (χ1v) is 7.16. The molecule has 1 aromatic rings. The van der Waals surface area contributed by atoms with Gasteiger partial charge in [0.1, 0.15) is 0 Å². The lowest BCUT2D eigenvalue weighted by Gasteiger charge is -2.30. The van der Waals surface area contributed by atoms with Crippen molar-refractivity contribution in [2.75, 3.05) is 6.54 Å². The van der Waals surface area contributed by atoms with Gasteiger partial charge in [-0.3, -0.25) is 9.89 Å². The van der Waals surface area contributed by atoms with Crippen molar-refractivity contribution in [3.63, 3.8) is 0 Å². The van der Waals surface area contributed by atoms with E-state index in [1.165, 1.54) is 32.1 Å². The fourth-order valence-electron chi connectivity index (χ4n) is 3.03. The highest BCUT2D eigenvalue weighted by atomic mass is 16.1. The summed E-state index contributed by atoms with van der Waals surface area (Å²) in [4.78, 5) is 12.3. The molecule has 106 valence electrons. The van der Waals surface area contributed by atoms with Gasteiger partial charge in [0, 0.05) is 18.3 Å². The van der Waals surface area contributed by atoms with Crippen LogP contribution in [0.2, 0.25) is 0 Å². The van der Waals surface area contributed by atoms with E-state index in [9.17, 15) is 4.79 Å². The molecule has 1 saturated carbocycles. The fourth-order valence-corrected chi connectivity index (χ4v) is 3.03. The van der Waals surface area contributed by atoms with Crippen LogP contribution in [0.25, 0.3) is 0 Å². The lowest BCUT2D eigenvalue weighted by atomic mass is 9.84. The Bertz CT molecular complexity index is 415. The molecule has 1 heterocycles. The van der Waals surface area contributed by atoms with Crippen molar-refractivity contribution < 1.29 is 4.79 Å². The summed E-state index contributed by atoms with van der Waals surface area (Å²) in [5.41, 5.74) is 8.06. The van der Waals surface area contributed by atoms with Crippen molar-refractivity contribution in [3.8, 4) is 0 Å². The Kier molecular flexibility index (Phi) is 4.58. The number of hydrogen-bond donors (Lipinski definition) is 3. The van der Waals surface area contributed by atoms with Gasteiger partial charge in [0.05, 0.1) is 11.3 Å². The zero-order valence-electron chi connectivity index (χ0n) is 11.8. The van der Waals surface area contributed by atoms with Gasteiger partial charge in [-0.05, 0) is 32.6 Å². The number of aryl methyl sites for hydroxylation is 2. The molecule has 0 aliphatic heterocycles. The molecule has 5 nitrogen and oxygen atoms in total. The number of H-pyrrole nitrogens is 1. The molecule has 0 radical (unpaired) electrons. The summed E-state index contributed by atoms with van der Waals surface area (Å²) in [5.74, 6) is 0.472. The van der Waals surface area contributed by atoms with E-state index in [1.54, 1.807) is 0 Å². The number of nitrogens with one attached hydrogen (secondary N) is 2. The summed E-state index contributed by atoms with van der Waals surface area (Å²) in [6.07, 6.45) is 6.15. The Morgan fingerprint density at radius 1 is 1.42 bits per heavy atom. The third-order valence-electron chi connectivity index (χ3n) is 4.14. The quantitative estimate of drug-likeness (QED) is 0.773. The van der Waals surface area contributed by atoms with E-state index in [4.69, 9.17) is 5.73 Å². The number of nitrogens with two attached hydrogens (primary N) is 1. The molecule has 2 rings (SSSR count). The molecular formula is C14H24N4O. The summed E-state index contributed by atoms with van der Waals surface area (Å²) in [7, 11) is 0. The van der Waals surface area contributed by atoms with E-state index in [0.29, 0.717) is 18.0 Å². The molecule has 1 unspecified atom stereocenters. The zero-order valence-corrected chi connectivity index (χ0v) is 11.8. The highest BCUT2D eigenvalue weighted by Crippen LogP contribution is 2.26. The van der Waals surface area contributed by atoms with Crippen LogP contribution in [-0.4, -0.2) is 28.7 Å². The van der Waals surface area contributed by atoms with Crippen LogP contribution in [0.3, 0.4) is 0 Å². The second-order valence-electron chi connectivity index (χ2n) is 5.52. The number of amides is 1. The first kappa shape index (κ1) is 14.1. The molecule has 1 fully saturated rings. The van der Waals surface area contributed by atoms with Crippen molar-refractivity contribution in [1.29, 1.82) is 0 Å². The molecule has 0 saturated heterocycles. The molecule has 0 aromatic carbocycles. The number of nitrogens with zero attached hydrogens (tertiary/aromatic N) is 1. The van der Waals surface area contributed by atoms with Crippen LogP contribution in [0.1, 0.15) is 53.8 Å². The van der Waals surface area contributed by atoms with Crippen LogP contribution in [0, 0.1) is 19.8 Å². The molecular weight excluding hydrogens is 240 g/mol. The van der Waals surface area contributed by atoms with Crippen LogP contribution in [0.15, 0.2) is 0 Å². The predicted molar refractivity (Wildman–Crippen MR) is 74.9 cm³/mol. The minimum absolute atomic E-state index is 0.0511. The Morgan fingerprint density at radius 2 is 2.11 bits per heavy atom. The van der Waals surface area contributed by atoms with Crippen molar-refractivity contribution >= 4 is 5.91 Å². The van der Waals surface area contributed by atoms with Crippen LogP contribution in [0.5, 0.6) is 0 Å². The van der Waals surface area contributed by atoms with Gasteiger partial charge in [0.15, 0.2) is 0 Å². The van der Waals surface area contributed by atoms with E-state index in [2.05, 4.69) is 15.5 Å². The third-order valence-corrected chi connectivity index (χ3v) is 4.14.